The van der Waals surface area contributed by atoms with Gasteiger partial charge < -0.3 is 30.3 Å². The molecule has 0 unspecified atom stereocenters. The molecular weight excluding hydrogens is 580 g/mol. The van der Waals surface area contributed by atoms with Crippen molar-refractivity contribution in [1.29, 1.82) is 0 Å². The van der Waals surface area contributed by atoms with Gasteiger partial charge in [0.1, 0.15) is 24.2 Å². The molecule has 0 bridgehead atoms. The van der Waals surface area contributed by atoms with Gasteiger partial charge >= 0.3 is 11.9 Å². The minimum Gasteiger partial charge on any atom is -0.450 e. The van der Waals surface area contributed by atoms with Crippen molar-refractivity contribution in [2.24, 2.45) is 35.5 Å². The maximum absolute atomic E-state index is 13.9. The number of ether oxygens (including phenoxy) is 2. The third-order valence-corrected chi connectivity index (χ3v) is 7.78. The lowest BCUT2D eigenvalue weighted by atomic mass is 9.97. The van der Waals surface area contributed by atoms with E-state index in [9.17, 15) is 28.8 Å². The number of nitrogens with zero attached hydrogens (tertiary/aromatic N) is 1. The van der Waals surface area contributed by atoms with E-state index in [4.69, 9.17) is 9.47 Å². The molecule has 6 atom stereocenters. The highest BCUT2D eigenvalue weighted by atomic mass is 16.6. The molecule has 0 aromatic heterocycles. The summed E-state index contributed by atoms with van der Waals surface area (Å²) in [5.41, 5.74) is 0. The molecule has 4 amide bonds. The van der Waals surface area contributed by atoms with Crippen molar-refractivity contribution in [3.63, 3.8) is 0 Å². The SMILES string of the molecule is CC(C)C[C@H]1NC(=O)[C@@H](C(C)C)NC(=O)[C@H](C(C)C)OC(=O)[C@H](CC(C)C)N(C)C(=O)[C@H](C(C)C)NC(=O)[C@H](C(C)C)OC1=O. The van der Waals surface area contributed by atoms with E-state index in [-0.39, 0.29) is 30.6 Å². The standard InChI is InChI=1S/C33H58N4O8/c1-16(2)14-22-32(42)44-26(20(9)10)30(40)36-25(19(7)8)31(41)37(13)23(15-17(3)4)33(43)45-27(21(11)12)29(39)35-24(18(5)6)28(38)34-22/h16-27H,14-15H2,1-13H3,(H,34,38)(H,35,39)(H,36,40)/t22-,23+,24-,25+,26+,27+/m1/s1. The van der Waals surface area contributed by atoms with Crippen molar-refractivity contribution < 1.29 is 38.2 Å². The van der Waals surface area contributed by atoms with Gasteiger partial charge in [0.05, 0.1) is 0 Å². The van der Waals surface area contributed by atoms with Gasteiger partial charge in [-0.3, -0.25) is 19.2 Å². The second kappa shape index (κ2) is 17.5. The number of nitrogens with one attached hydrogen (secondary N) is 3. The Morgan fingerprint density at radius 3 is 1.38 bits per heavy atom. The summed E-state index contributed by atoms with van der Waals surface area (Å²) < 4.78 is 11.5. The van der Waals surface area contributed by atoms with E-state index in [1.54, 1.807) is 55.4 Å². The van der Waals surface area contributed by atoms with Crippen molar-refractivity contribution in [1.82, 2.24) is 20.9 Å². The molecule has 0 aliphatic carbocycles. The fourth-order valence-electron chi connectivity index (χ4n) is 5.09. The average molecular weight is 639 g/mol. The van der Waals surface area contributed by atoms with Crippen molar-refractivity contribution in [3.8, 4) is 0 Å². The van der Waals surface area contributed by atoms with Gasteiger partial charge in [0, 0.05) is 7.05 Å². The molecule has 1 aliphatic heterocycles. The molecule has 0 saturated carbocycles. The minimum atomic E-state index is -1.26. The summed E-state index contributed by atoms with van der Waals surface area (Å²) in [4.78, 5) is 83.0. The molecule has 1 fully saturated rings. The molecule has 12 heteroatoms. The van der Waals surface area contributed by atoms with Crippen LogP contribution in [0.2, 0.25) is 0 Å². The van der Waals surface area contributed by atoms with E-state index >= 15 is 0 Å². The number of cyclic esters (lactones) is 2. The van der Waals surface area contributed by atoms with E-state index < -0.39 is 89.7 Å². The molecule has 3 N–H and O–H groups in total. The Morgan fingerprint density at radius 2 is 0.978 bits per heavy atom. The zero-order valence-corrected chi connectivity index (χ0v) is 29.6. The first-order valence-electron chi connectivity index (χ1n) is 16.3. The molecule has 258 valence electrons. The fourth-order valence-corrected chi connectivity index (χ4v) is 5.09. The molecule has 0 aromatic carbocycles. The Kier molecular flexibility index (Phi) is 15.5. The number of hydrogen-bond donors (Lipinski definition) is 3. The van der Waals surface area contributed by atoms with Crippen LogP contribution in [0.15, 0.2) is 0 Å². The third-order valence-electron chi connectivity index (χ3n) is 7.78. The van der Waals surface area contributed by atoms with Crippen LogP contribution >= 0.6 is 0 Å². The van der Waals surface area contributed by atoms with Gasteiger partial charge in [-0.2, -0.15) is 0 Å². The normalized spacial score (nSPS) is 27.0. The molecule has 1 heterocycles. The van der Waals surface area contributed by atoms with Gasteiger partial charge in [-0.05, 0) is 48.3 Å². The molecule has 0 spiro atoms. The molecule has 0 radical (unpaired) electrons. The van der Waals surface area contributed by atoms with Crippen molar-refractivity contribution >= 4 is 35.6 Å². The fraction of sp³-hybridized carbons (Fsp3) is 0.818. The molecular formula is C33H58N4O8. The average Bonchev–Trinajstić information content (AvgIpc) is 2.91. The molecule has 12 nitrogen and oxygen atoms in total. The van der Waals surface area contributed by atoms with Crippen LogP contribution in [-0.4, -0.2) is 83.9 Å². The lowest BCUT2D eigenvalue weighted by molar-refractivity contribution is -0.167. The Bertz CT molecular complexity index is 1060. The van der Waals surface area contributed by atoms with Gasteiger partial charge in [0.2, 0.25) is 11.8 Å². The van der Waals surface area contributed by atoms with Crippen LogP contribution < -0.4 is 16.0 Å². The number of rotatable bonds is 8. The monoisotopic (exact) mass is 638 g/mol. The first kappa shape index (κ1) is 39.8. The maximum atomic E-state index is 13.9. The van der Waals surface area contributed by atoms with Gasteiger partial charge in [-0.15, -0.1) is 0 Å². The summed E-state index contributed by atoms with van der Waals surface area (Å²) in [6, 6.07) is -4.27. The van der Waals surface area contributed by atoms with Crippen molar-refractivity contribution in [3.05, 3.63) is 0 Å². The van der Waals surface area contributed by atoms with Gasteiger partial charge in [0.25, 0.3) is 11.8 Å². The van der Waals surface area contributed by atoms with E-state index in [2.05, 4.69) is 16.0 Å². The second-order valence-electron chi connectivity index (χ2n) is 14.4. The maximum Gasteiger partial charge on any atom is 0.329 e. The van der Waals surface area contributed by atoms with Gasteiger partial charge in [-0.25, -0.2) is 9.59 Å². The van der Waals surface area contributed by atoms with Crippen LogP contribution in [0.25, 0.3) is 0 Å². The zero-order chi connectivity index (χ0) is 34.9. The van der Waals surface area contributed by atoms with Crippen LogP contribution in [0.4, 0.5) is 0 Å². The quantitative estimate of drug-likeness (QED) is 0.342. The highest BCUT2D eigenvalue weighted by Gasteiger charge is 2.41. The van der Waals surface area contributed by atoms with E-state index in [1.165, 1.54) is 11.9 Å². The molecule has 1 aliphatic rings. The molecule has 45 heavy (non-hydrogen) atoms. The zero-order valence-electron chi connectivity index (χ0n) is 29.6. The van der Waals surface area contributed by atoms with E-state index in [0.29, 0.717) is 0 Å². The highest BCUT2D eigenvalue weighted by molar-refractivity contribution is 5.95. The Morgan fingerprint density at radius 1 is 0.556 bits per heavy atom. The summed E-state index contributed by atoms with van der Waals surface area (Å²) in [5.74, 6) is -5.77. The van der Waals surface area contributed by atoms with E-state index in [0.717, 1.165) is 0 Å². The van der Waals surface area contributed by atoms with Crippen LogP contribution in [-0.2, 0) is 38.2 Å². The van der Waals surface area contributed by atoms with Gasteiger partial charge in [-0.1, -0.05) is 83.1 Å². The summed E-state index contributed by atoms with van der Waals surface area (Å²) in [6.45, 7) is 21.4. The topological polar surface area (TPSA) is 160 Å². The third kappa shape index (κ3) is 11.6. The number of carbonyl (C=O) groups excluding carboxylic acids is 6. The lowest BCUT2D eigenvalue weighted by Crippen LogP contribution is -2.59. The predicted molar refractivity (Wildman–Crippen MR) is 170 cm³/mol. The number of hydrogen-bond acceptors (Lipinski definition) is 8. The summed E-state index contributed by atoms with van der Waals surface area (Å²) in [6.07, 6.45) is -2.05. The number of likely N-dealkylation sites (N-methyl/N-ethyl adjacent to an activating group) is 1. The van der Waals surface area contributed by atoms with Crippen LogP contribution in [0, 0.1) is 35.5 Å². The van der Waals surface area contributed by atoms with Crippen LogP contribution in [0.3, 0.4) is 0 Å². The summed E-state index contributed by atoms with van der Waals surface area (Å²) in [5, 5.41) is 8.19. The van der Waals surface area contributed by atoms with Crippen molar-refractivity contribution in [2.75, 3.05) is 7.05 Å². The minimum absolute atomic E-state index is 0.0217. The number of esters is 2. The first-order valence-corrected chi connectivity index (χ1v) is 16.3. The Hall–Kier alpha value is -3.18. The molecule has 0 aromatic rings. The van der Waals surface area contributed by atoms with E-state index in [1.807, 2.05) is 27.7 Å². The highest BCUT2D eigenvalue weighted by Crippen LogP contribution is 2.20. The smallest absolute Gasteiger partial charge is 0.329 e. The Balaban J connectivity index is 3.79. The summed E-state index contributed by atoms with van der Waals surface area (Å²) >= 11 is 0. The largest absolute Gasteiger partial charge is 0.450 e. The molecule has 1 rings (SSSR count). The predicted octanol–water partition coefficient (Wildman–Crippen LogP) is 2.82. The Labute approximate surface area is 269 Å². The van der Waals surface area contributed by atoms with Crippen LogP contribution in [0.1, 0.15) is 95.9 Å². The van der Waals surface area contributed by atoms with Gasteiger partial charge in [0.15, 0.2) is 12.2 Å². The summed E-state index contributed by atoms with van der Waals surface area (Å²) in [7, 11) is 1.47. The number of amides is 4. The molecule has 1 saturated heterocycles. The van der Waals surface area contributed by atoms with Crippen molar-refractivity contribution in [2.45, 2.75) is 132 Å². The number of carbonyl (C=O) groups is 6. The first-order chi connectivity index (χ1) is 20.7. The lowest BCUT2D eigenvalue weighted by Gasteiger charge is -2.35. The second-order valence-corrected chi connectivity index (χ2v) is 14.4. The van der Waals surface area contributed by atoms with Crippen LogP contribution in [0.5, 0.6) is 0 Å².